The summed E-state index contributed by atoms with van der Waals surface area (Å²) in [6, 6.07) is 1.71. The lowest BCUT2D eigenvalue weighted by Gasteiger charge is -2.01. The van der Waals surface area contributed by atoms with E-state index < -0.39 is 0 Å². The zero-order valence-electron chi connectivity index (χ0n) is 7.04. The summed E-state index contributed by atoms with van der Waals surface area (Å²) >= 11 is 0. The lowest BCUT2D eigenvalue weighted by Crippen LogP contribution is -2.22. The minimum Gasteiger partial charge on any atom is -0.359 e. The highest BCUT2D eigenvalue weighted by atomic mass is 16.5. The number of nitrogens with zero attached hydrogens (tertiary/aromatic N) is 4. The Balaban J connectivity index is 2.33. The average molecular weight is 180 g/mol. The number of hydrogen-bond donors (Lipinski definition) is 0. The molecule has 0 aromatic carbocycles. The zero-order chi connectivity index (χ0) is 9.26. The van der Waals surface area contributed by atoms with Gasteiger partial charge >= 0.3 is 5.69 Å². The molecule has 13 heavy (non-hydrogen) atoms. The summed E-state index contributed by atoms with van der Waals surface area (Å²) in [6.45, 7) is 0.356. The third kappa shape index (κ3) is 1.37. The lowest BCUT2D eigenvalue weighted by molar-refractivity contribution is 0.360. The van der Waals surface area contributed by atoms with E-state index in [0.29, 0.717) is 12.3 Å². The SMILES string of the molecule is Cn1cnc(=O)n1Cc1ccno1. The molecular weight excluding hydrogens is 172 g/mol. The van der Waals surface area contributed by atoms with Crippen molar-refractivity contribution in [3.05, 3.63) is 34.8 Å². The average Bonchev–Trinajstić information content (AvgIpc) is 2.70. The van der Waals surface area contributed by atoms with Crippen molar-refractivity contribution in [1.82, 2.24) is 19.5 Å². The molecule has 2 aromatic heterocycles. The summed E-state index contributed by atoms with van der Waals surface area (Å²) in [6.07, 6.45) is 3.00. The maximum absolute atomic E-state index is 11.1. The maximum atomic E-state index is 11.1. The molecule has 0 spiro atoms. The molecule has 0 fully saturated rings. The molecular formula is C7H8N4O2. The number of aryl methyl sites for hydroxylation is 1. The second-order valence-electron chi connectivity index (χ2n) is 2.64. The van der Waals surface area contributed by atoms with Crippen molar-refractivity contribution < 1.29 is 4.52 Å². The Bertz CT molecular complexity index is 439. The van der Waals surface area contributed by atoms with Crippen LogP contribution in [0.1, 0.15) is 5.76 Å². The van der Waals surface area contributed by atoms with E-state index in [0.717, 1.165) is 0 Å². The van der Waals surface area contributed by atoms with Crippen LogP contribution in [-0.4, -0.2) is 19.5 Å². The Kier molecular flexibility index (Phi) is 1.73. The van der Waals surface area contributed by atoms with E-state index in [9.17, 15) is 4.79 Å². The van der Waals surface area contributed by atoms with Gasteiger partial charge in [-0.2, -0.15) is 4.98 Å². The minimum atomic E-state index is -0.293. The monoisotopic (exact) mass is 180 g/mol. The molecule has 6 heteroatoms. The van der Waals surface area contributed by atoms with Gasteiger partial charge in [0, 0.05) is 13.1 Å². The largest absolute Gasteiger partial charge is 0.364 e. The van der Waals surface area contributed by atoms with Crippen LogP contribution in [0.3, 0.4) is 0 Å². The number of rotatable bonds is 2. The first-order valence-corrected chi connectivity index (χ1v) is 3.75. The Morgan fingerprint density at radius 1 is 1.62 bits per heavy atom. The smallest absolute Gasteiger partial charge is 0.359 e. The van der Waals surface area contributed by atoms with E-state index >= 15 is 0 Å². The van der Waals surface area contributed by atoms with Crippen LogP contribution in [0, 0.1) is 0 Å². The first-order valence-electron chi connectivity index (χ1n) is 3.75. The molecule has 0 amide bonds. The highest BCUT2D eigenvalue weighted by molar-refractivity contribution is 4.93. The maximum Gasteiger partial charge on any atom is 0.364 e. The molecule has 0 N–H and O–H groups in total. The van der Waals surface area contributed by atoms with Crippen molar-refractivity contribution in [3.8, 4) is 0 Å². The molecule has 6 nitrogen and oxygen atoms in total. The fourth-order valence-electron chi connectivity index (χ4n) is 1.05. The molecule has 2 heterocycles. The van der Waals surface area contributed by atoms with Crippen LogP contribution in [-0.2, 0) is 13.6 Å². The first kappa shape index (κ1) is 7.78. The summed E-state index contributed by atoms with van der Waals surface area (Å²) < 4.78 is 7.91. The lowest BCUT2D eigenvalue weighted by atomic mass is 10.5. The molecule has 0 atom stereocenters. The van der Waals surface area contributed by atoms with Crippen LogP contribution in [0.15, 0.2) is 27.9 Å². The van der Waals surface area contributed by atoms with Crippen molar-refractivity contribution in [2.75, 3.05) is 0 Å². The van der Waals surface area contributed by atoms with Gasteiger partial charge in [0.2, 0.25) is 0 Å². The number of hydrogen-bond acceptors (Lipinski definition) is 4. The van der Waals surface area contributed by atoms with E-state index in [1.165, 1.54) is 17.2 Å². The van der Waals surface area contributed by atoms with Crippen molar-refractivity contribution in [3.63, 3.8) is 0 Å². The highest BCUT2D eigenvalue weighted by Gasteiger charge is 2.04. The highest BCUT2D eigenvalue weighted by Crippen LogP contribution is 1.97. The van der Waals surface area contributed by atoms with Crippen molar-refractivity contribution in [2.45, 2.75) is 6.54 Å². The van der Waals surface area contributed by atoms with Gasteiger partial charge in [-0.1, -0.05) is 5.16 Å². The van der Waals surface area contributed by atoms with Crippen LogP contribution in [0.25, 0.3) is 0 Å². The van der Waals surface area contributed by atoms with Crippen molar-refractivity contribution >= 4 is 0 Å². The fraction of sp³-hybridized carbons (Fsp3) is 0.286. The van der Waals surface area contributed by atoms with E-state index in [2.05, 4.69) is 10.1 Å². The van der Waals surface area contributed by atoms with Crippen LogP contribution >= 0.6 is 0 Å². The van der Waals surface area contributed by atoms with Crippen LogP contribution in [0.5, 0.6) is 0 Å². The van der Waals surface area contributed by atoms with E-state index in [1.807, 2.05) is 0 Å². The molecule has 0 aliphatic heterocycles. The Labute approximate surface area is 73.4 Å². The third-order valence-corrected chi connectivity index (χ3v) is 1.73. The first-order chi connectivity index (χ1) is 6.27. The Morgan fingerprint density at radius 2 is 2.46 bits per heavy atom. The Morgan fingerprint density at radius 3 is 3.00 bits per heavy atom. The topological polar surface area (TPSA) is 65.8 Å². The van der Waals surface area contributed by atoms with E-state index in [-0.39, 0.29) is 5.69 Å². The van der Waals surface area contributed by atoms with E-state index in [1.54, 1.807) is 17.8 Å². The molecule has 0 saturated carbocycles. The summed E-state index contributed by atoms with van der Waals surface area (Å²) in [5.41, 5.74) is -0.293. The molecule has 0 aliphatic carbocycles. The molecule has 68 valence electrons. The quantitative estimate of drug-likeness (QED) is 0.631. The van der Waals surface area contributed by atoms with Gasteiger partial charge in [0.15, 0.2) is 5.76 Å². The van der Waals surface area contributed by atoms with Gasteiger partial charge < -0.3 is 4.52 Å². The Hall–Kier alpha value is -1.85. The second-order valence-corrected chi connectivity index (χ2v) is 2.64. The van der Waals surface area contributed by atoms with E-state index in [4.69, 9.17) is 4.52 Å². The third-order valence-electron chi connectivity index (χ3n) is 1.73. The van der Waals surface area contributed by atoms with Gasteiger partial charge in [-0.15, -0.1) is 0 Å². The van der Waals surface area contributed by atoms with Gasteiger partial charge in [-0.05, 0) is 0 Å². The van der Waals surface area contributed by atoms with Crippen LogP contribution < -0.4 is 5.69 Å². The molecule has 0 bridgehead atoms. The standard InChI is InChI=1S/C7H8N4O2/c1-10-5-8-7(12)11(10)4-6-2-3-9-13-6/h2-3,5H,4H2,1H3. The molecule has 0 aliphatic rings. The van der Waals surface area contributed by atoms with Gasteiger partial charge in [0.25, 0.3) is 0 Å². The predicted octanol–water partition coefficient (Wildman–Crippen LogP) is -0.382. The molecule has 0 saturated heterocycles. The summed E-state index contributed by atoms with van der Waals surface area (Å²) in [5, 5.41) is 3.54. The van der Waals surface area contributed by atoms with Crippen LogP contribution in [0.2, 0.25) is 0 Å². The number of aromatic nitrogens is 4. The molecule has 0 radical (unpaired) electrons. The van der Waals surface area contributed by atoms with Crippen molar-refractivity contribution in [1.29, 1.82) is 0 Å². The fourth-order valence-corrected chi connectivity index (χ4v) is 1.05. The van der Waals surface area contributed by atoms with Gasteiger partial charge in [-0.3, -0.25) is 4.68 Å². The zero-order valence-corrected chi connectivity index (χ0v) is 7.04. The molecule has 0 unspecified atom stereocenters. The summed E-state index contributed by atoms with van der Waals surface area (Å²) in [5.74, 6) is 0.630. The van der Waals surface area contributed by atoms with Crippen LogP contribution in [0.4, 0.5) is 0 Å². The van der Waals surface area contributed by atoms with Crippen molar-refractivity contribution in [2.24, 2.45) is 7.05 Å². The predicted molar refractivity (Wildman–Crippen MR) is 43.1 cm³/mol. The van der Waals surface area contributed by atoms with Gasteiger partial charge in [0.1, 0.15) is 12.9 Å². The molecule has 2 aromatic rings. The normalized spacial score (nSPS) is 10.5. The summed E-state index contributed by atoms with van der Waals surface area (Å²) in [4.78, 5) is 14.7. The summed E-state index contributed by atoms with van der Waals surface area (Å²) in [7, 11) is 1.74. The minimum absolute atomic E-state index is 0.293. The second kappa shape index (κ2) is 2.89. The van der Waals surface area contributed by atoms with Gasteiger partial charge in [-0.25, -0.2) is 9.48 Å². The molecule has 2 rings (SSSR count). The van der Waals surface area contributed by atoms with Gasteiger partial charge in [0.05, 0.1) is 6.20 Å².